The van der Waals surface area contributed by atoms with Crippen molar-refractivity contribution in [2.24, 2.45) is 5.73 Å². The second-order valence-electron chi connectivity index (χ2n) is 2.67. The summed E-state index contributed by atoms with van der Waals surface area (Å²) in [7, 11) is 0. The minimum atomic E-state index is -0.730. The summed E-state index contributed by atoms with van der Waals surface area (Å²) >= 11 is 0. The van der Waals surface area contributed by atoms with Gasteiger partial charge in [0.2, 0.25) is 11.7 Å². The molecule has 0 aromatic carbocycles. The summed E-state index contributed by atoms with van der Waals surface area (Å²) in [6, 6.07) is 0.861. The molecule has 0 aliphatic rings. The number of hydrogen-bond donors (Lipinski definition) is 2. The van der Waals surface area contributed by atoms with Crippen LogP contribution in [0, 0.1) is 0 Å². The van der Waals surface area contributed by atoms with Crippen LogP contribution in [0.1, 0.15) is 17.5 Å². The number of amides is 2. The highest BCUT2D eigenvalue weighted by molar-refractivity contribution is 5.94. The van der Waals surface area contributed by atoms with E-state index < -0.39 is 17.9 Å². The van der Waals surface area contributed by atoms with E-state index in [0.29, 0.717) is 0 Å². The second kappa shape index (κ2) is 4.31. The van der Waals surface area contributed by atoms with Crippen LogP contribution >= 0.6 is 0 Å². The van der Waals surface area contributed by atoms with Crippen LogP contribution in [-0.4, -0.2) is 27.8 Å². The summed E-state index contributed by atoms with van der Waals surface area (Å²) in [5, 5.41) is 2.36. The highest BCUT2D eigenvalue weighted by Crippen LogP contribution is 1.89. The molecule has 0 bridgehead atoms. The Bertz CT molecular complexity index is 338. The van der Waals surface area contributed by atoms with Crippen molar-refractivity contribution in [2.75, 3.05) is 0 Å². The van der Waals surface area contributed by atoms with E-state index in [9.17, 15) is 9.59 Å². The van der Waals surface area contributed by atoms with E-state index in [1.54, 1.807) is 6.07 Å². The highest BCUT2D eigenvalue weighted by atomic mass is 16.2. The minimum absolute atomic E-state index is 0.0144. The van der Waals surface area contributed by atoms with Crippen LogP contribution < -0.4 is 11.1 Å². The lowest BCUT2D eigenvalue weighted by Gasteiger charge is -2.08. The maximum absolute atomic E-state index is 11.3. The predicted molar refractivity (Wildman–Crippen MR) is 48.2 cm³/mol. The second-order valence-corrected chi connectivity index (χ2v) is 2.67. The van der Waals surface area contributed by atoms with E-state index in [0.717, 1.165) is 0 Å². The molecule has 0 saturated carbocycles. The monoisotopic (exact) mass is 194 g/mol. The van der Waals surface area contributed by atoms with Crippen LogP contribution in [0.15, 0.2) is 18.5 Å². The molecule has 0 aliphatic heterocycles. The maximum atomic E-state index is 11.3. The van der Waals surface area contributed by atoms with Crippen molar-refractivity contribution >= 4 is 11.8 Å². The summed E-state index contributed by atoms with van der Waals surface area (Å²) in [6.07, 6.45) is 2.88. The molecule has 1 aromatic heterocycles. The molecule has 6 nitrogen and oxygen atoms in total. The number of nitrogens with zero attached hydrogens (tertiary/aromatic N) is 2. The molecule has 0 spiro atoms. The summed E-state index contributed by atoms with van der Waals surface area (Å²) in [5.74, 6) is -1.10. The molecule has 6 heteroatoms. The summed E-state index contributed by atoms with van der Waals surface area (Å²) in [5.41, 5.74) is 4.97. The fourth-order valence-corrected chi connectivity index (χ4v) is 0.749. The first kappa shape index (κ1) is 10.1. The van der Waals surface area contributed by atoms with Gasteiger partial charge in [-0.25, -0.2) is 9.97 Å². The Hall–Kier alpha value is -1.98. The topological polar surface area (TPSA) is 98.0 Å². The molecule has 14 heavy (non-hydrogen) atoms. The standard InChI is InChI=1S/C8H10N4O2/c1-5(6(9)13)12-8(14)7-10-3-2-4-11-7/h2-5H,1H3,(H2,9,13)(H,12,14)/t5-/m1/s1. The van der Waals surface area contributed by atoms with Crippen molar-refractivity contribution in [3.05, 3.63) is 24.3 Å². The van der Waals surface area contributed by atoms with Crippen molar-refractivity contribution in [1.29, 1.82) is 0 Å². The average molecular weight is 194 g/mol. The number of aromatic nitrogens is 2. The molecule has 1 atom stereocenters. The van der Waals surface area contributed by atoms with Gasteiger partial charge in [0.25, 0.3) is 5.91 Å². The molecule has 0 unspecified atom stereocenters. The number of hydrogen-bond acceptors (Lipinski definition) is 4. The number of nitrogens with two attached hydrogens (primary N) is 1. The van der Waals surface area contributed by atoms with Crippen LogP contribution in [0.25, 0.3) is 0 Å². The molecule has 0 fully saturated rings. The summed E-state index contributed by atoms with van der Waals surface area (Å²) in [4.78, 5) is 29.4. The third-order valence-electron chi connectivity index (χ3n) is 1.54. The molecule has 1 rings (SSSR count). The number of primary amides is 1. The van der Waals surface area contributed by atoms with Crippen LogP contribution in [0.3, 0.4) is 0 Å². The zero-order valence-corrected chi connectivity index (χ0v) is 7.60. The predicted octanol–water partition coefficient (Wildman–Crippen LogP) is -0.920. The van der Waals surface area contributed by atoms with Gasteiger partial charge in [0.15, 0.2) is 0 Å². The Labute approximate surface area is 80.5 Å². The van der Waals surface area contributed by atoms with Gasteiger partial charge < -0.3 is 11.1 Å². The van der Waals surface area contributed by atoms with E-state index in [-0.39, 0.29) is 5.82 Å². The van der Waals surface area contributed by atoms with Gasteiger partial charge in [0.05, 0.1) is 0 Å². The Balaban J connectivity index is 2.64. The first-order valence-electron chi connectivity index (χ1n) is 3.98. The van der Waals surface area contributed by atoms with E-state index in [1.165, 1.54) is 19.3 Å². The van der Waals surface area contributed by atoms with E-state index in [1.807, 2.05) is 0 Å². The van der Waals surface area contributed by atoms with Crippen LogP contribution in [-0.2, 0) is 4.79 Å². The van der Waals surface area contributed by atoms with E-state index in [4.69, 9.17) is 5.73 Å². The lowest BCUT2D eigenvalue weighted by atomic mass is 10.3. The third kappa shape index (κ3) is 2.51. The zero-order chi connectivity index (χ0) is 10.6. The van der Waals surface area contributed by atoms with Crippen molar-refractivity contribution in [3.63, 3.8) is 0 Å². The summed E-state index contributed by atoms with van der Waals surface area (Å²) in [6.45, 7) is 1.49. The number of nitrogens with one attached hydrogen (secondary N) is 1. The van der Waals surface area contributed by atoms with Crippen molar-refractivity contribution < 1.29 is 9.59 Å². The smallest absolute Gasteiger partial charge is 0.289 e. The number of carbonyl (C=O) groups excluding carboxylic acids is 2. The minimum Gasteiger partial charge on any atom is -0.368 e. The molecule has 3 N–H and O–H groups in total. The van der Waals surface area contributed by atoms with Gasteiger partial charge in [-0.2, -0.15) is 0 Å². The van der Waals surface area contributed by atoms with Gasteiger partial charge >= 0.3 is 0 Å². The Morgan fingerprint density at radius 2 is 2.00 bits per heavy atom. The van der Waals surface area contributed by atoms with Gasteiger partial charge in [-0.1, -0.05) is 0 Å². The molecule has 1 aromatic rings. The van der Waals surface area contributed by atoms with Crippen LogP contribution in [0.2, 0.25) is 0 Å². The molecule has 74 valence electrons. The van der Waals surface area contributed by atoms with Gasteiger partial charge in [0, 0.05) is 12.4 Å². The normalized spacial score (nSPS) is 11.8. The van der Waals surface area contributed by atoms with Gasteiger partial charge in [0.1, 0.15) is 6.04 Å². The van der Waals surface area contributed by atoms with Gasteiger partial charge in [-0.3, -0.25) is 9.59 Å². The van der Waals surface area contributed by atoms with Crippen molar-refractivity contribution in [3.8, 4) is 0 Å². The first-order chi connectivity index (χ1) is 6.61. The third-order valence-corrected chi connectivity index (χ3v) is 1.54. The Kier molecular flexibility index (Phi) is 3.11. The number of carbonyl (C=O) groups is 2. The lowest BCUT2D eigenvalue weighted by Crippen LogP contribution is -2.42. The largest absolute Gasteiger partial charge is 0.368 e. The van der Waals surface area contributed by atoms with Crippen LogP contribution in [0.5, 0.6) is 0 Å². The fourth-order valence-electron chi connectivity index (χ4n) is 0.749. The van der Waals surface area contributed by atoms with Crippen molar-refractivity contribution in [2.45, 2.75) is 13.0 Å². The summed E-state index contributed by atoms with van der Waals surface area (Å²) < 4.78 is 0. The number of rotatable bonds is 3. The fraction of sp³-hybridized carbons (Fsp3) is 0.250. The highest BCUT2D eigenvalue weighted by Gasteiger charge is 2.14. The molecular formula is C8H10N4O2. The molecular weight excluding hydrogens is 184 g/mol. The van der Waals surface area contributed by atoms with E-state index >= 15 is 0 Å². The van der Waals surface area contributed by atoms with Gasteiger partial charge in [-0.05, 0) is 13.0 Å². The molecule has 0 radical (unpaired) electrons. The SMILES string of the molecule is C[C@@H](NC(=O)c1ncccn1)C(N)=O. The van der Waals surface area contributed by atoms with Gasteiger partial charge in [-0.15, -0.1) is 0 Å². The molecule has 2 amide bonds. The zero-order valence-electron chi connectivity index (χ0n) is 7.60. The Morgan fingerprint density at radius 3 is 2.50 bits per heavy atom. The van der Waals surface area contributed by atoms with Crippen LogP contribution in [0.4, 0.5) is 0 Å². The van der Waals surface area contributed by atoms with Crippen molar-refractivity contribution in [1.82, 2.24) is 15.3 Å². The lowest BCUT2D eigenvalue weighted by molar-refractivity contribution is -0.119. The Morgan fingerprint density at radius 1 is 1.43 bits per heavy atom. The molecule has 0 saturated heterocycles. The average Bonchev–Trinajstić information content (AvgIpc) is 2.19. The first-order valence-corrected chi connectivity index (χ1v) is 3.98. The quantitative estimate of drug-likeness (QED) is 0.650. The van der Waals surface area contributed by atoms with E-state index in [2.05, 4.69) is 15.3 Å². The molecule has 0 aliphatic carbocycles. The molecule has 1 heterocycles. The maximum Gasteiger partial charge on any atom is 0.289 e.